The third-order valence-electron chi connectivity index (χ3n) is 6.39. The number of hydrogen-bond donors (Lipinski definition) is 0. The first-order valence-electron chi connectivity index (χ1n) is 12.3. The van der Waals surface area contributed by atoms with Gasteiger partial charge in [-0.2, -0.15) is 0 Å². The van der Waals surface area contributed by atoms with Crippen molar-refractivity contribution < 1.29 is 14.3 Å². The summed E-state index contributed by atoms with van der Waals surface area (Å²) < 4.78 is 16.5. The van der Waals surface area contributed by atoms with Crippen molar-refractivity contribution >= 4 is 84.5 Å². The Labute approximate surface area is 270 Å². The van der Waals surface area contributed by atoms with E-state index in [9.17, 15) is 9.59 Å². The molecule has 3 aromatic carbocycles. The third-order valence-corrected chi connectivity index (χ3v) is 9.32. The molecule has 6 nitrogen and oxygen atoms in total. The van der Waals surface area contributed by atoms with Gasteiger partial charge in [0.2, 0.25) is 0 Å². The van der Waals surface area contributed by atoms with Gasteiger partial charge in [-0.05, 0) is 93.1 Å². The van der Waals surface area contributed by atoms with Gasteiger partial charge in [0.25, 0.3) is 5.56 Å². The molecule has 1 aromatic heterocycles. The van der Waals surface area contributed by atoms with Crippen molar-refractivity contribution in [1.82, 2.24) is 4.57 Å². The van der Waals surface area contributed by atoms with Crippen LogP contribution in [0.2, 0.25) is 0 Å². The molecule has 0 amide bonds. The van der Waals surface area contributed by atoms with Crippen LogP contribution in [-0.2, 0) is 16.1 Å². The number of carbonyl (C=O) groups excluding carboxylic acids is 1. The summed E-state index contributed by atoms with van der Waals surface area (Å²) in [5, 5.41) is 0. The molecule has 4 aromatic rings. The number of benzene rings is 3. The number of rotatable bonds is 7. The molecule has 0 radical (unpaired) electrons. The molecule has 10 heteroatoms. The normalized spacial score (nSPS) is 15.0. The largest absolute Gasteiger partial charge is 0.487 e. The first-order chi connectivity index (χ1) is 19.3. The molecule has 40 heavy (non-hydrogen) atoms. The van der Waals surface area contributed by atoms with E-state index in [-0.39, 0.29) is 5.56 Å². The molecule has 1 atom stereocenters. The summed E-state index contributed by atoms with van der Waals surface area (Å²) in [6.45, 7) is 2.34. The molecular weight excluding hydrogens is 818 g/mol. The first kappa shape index (κ1) is 29.2. The van der Waals surface area contributed by atoms with Crippen LogP contribution in [0.1, 0.15) is 36.1 Å². The highest BCUT2D eigenvalue weighted by Gasteiger charge is 2.33. The van der Waals surface area contributed by atoms with E-state index in [2.05, 4.69) is 61.1 Å². The van der Waals surface area contributed by atoms with Crippen LogP contribution in [0.3, 0.4) is 0 Å². The molecule has 1 aliphatic rings. The highest BCUT2D eigenvalue weighted by molar-refractivity contribution is 14.1. The molecule has 0 unspecified atom stereocenters. The number of esters is 1. The van der Waals surface area contributed by atoms with E-state index < -0.39 is 12.0 Å². The molecule has 0 bridgehead atoms. The lowest BCUT2D eigenvalue weighted by atomic mass is 9.95. The van der Waals surface area contributed by atoms with Crippen molar-refractivity contribution in [2.45, 2.75) is 26.0 Å². The Kier molecular flexibility index (Phi) is 9.28. The van der Waals surface area contributed by atoms with Crippen molar-refractivity contribution in [3.8, 4) is 5.75 Å². The molecule has 0 aliphatic carbocycles. The van der Waals surface area contributed by atoms with Crippen molar-refractivity contribution in [1.29, 1.82) is 0 Å². The Hall–Kier alpha value is -2.29. The number of carbonyl (C=O) groups is 1. The highest BCUT2D eigenvalue weighted by Crippen LogP contribution is 2.32. The van der Waals surface area contributed by atoms with Crippen LogP contribution >= 0.6 is 72.4 Å². The lowest BCUT2D eigenvalue weighted by molar-refractivity contribution is -0.136. The molecule has 0 saturated carbocycles. The maximum absolute atomic E-state index is 14.0. The number of methoxy groups -OCH3 is 1. The molecule has 0 fully saturated rings. The second-order valence-electron chi connectivity index (χ2n) is 8.92. The number of aromatic nitrogens is 1. The van der Waals surface area contributed by atoms with E-state index in [0.29, 0.717) is 39.4 Å². The SMILES string of the molecule is CCC1=C(C(=O)OC)[C@H](c2ccccc2)n2c(s/c(=C/c3cc(I)cc(I)c3OCc3ccc(Br)cc3)c2=O)=N1. The second-order valence-corrected chi connectivity index (χ2v) is 13.3. The zero-order chi connectivity index (χ0) is 28.4. The minimum Gasteiger partial charge on any atom is -0.487 e. The number of allylic oxidation sites excluding steroid dienone is 1. The average molecular weight is 841 g/mol. The Morgan fingerprint density at radius 1 is 1.12 bits per heavy atom. The lowest BCUT2D eigenvalue weighted by Gasteiger charge is -2.25. The molecule has 5 rings (SSSR count). The van der Waals surface area contributed by atoms with Crippen LogP contribution in [-0.4, -0.2) is 17.6 Å². The van der Waals surface area contributed by atoms with Crippen LogP contribution in [0.5, 0.6) is 5.75 Å². The topological polar surface area (TPSA) is 69.9 Å². The predicted octanol–water partition coefficient (Wildman–Crippen LogP) is 6.35. The Balaban J connectivity index is 1.66. The van der Waals surface area contributed by atoms with Crippen molar-refractivity contribution in [2.75, 3.05) is 7.11 Å². The van der Waals surface area contributed by atoms with Crippen molar-refractivity contribution in [3.63, 3.8) is 0 Å². The second kappa shape index (κ2) is 12.7. The molecular formula is C30H23BrI2N2O4S. The number of thiazole rings is 1. The fraction of sp³-hybridized carbons (Fsp3) is 0.167. The van der Waals surface area contributed by atoms with E-state index in [0.717, 1.165) is 28.3 Å². The summed E-state index contributed by atoms with van der Waals surface area (Å²) in [5.41, 5.74) is 3.44. The van der Waals surface area contributed by atoms with Crippen molar-refractivity contribution in [2.24, 2.45) is 4.99 Å². The fourth-order valence-corrected chi connectivity index (χ4v) is 7.85. The minimum absolute atomic E-state index is 0.220. The highest BCUT2D eigenvalue weighted by atomic mass is 127. The minimum atomic E-state index is -0.633. The maximum atomic E-state index is 14.0. The molecule has 1 aliphatic heterocycles. The summed E-state index contributed by atoms with van der Waals surface area (Å²) >= 11 is 9.31. The van der Waals surface area contributed by atoms with Crippen LogP contribution in [0, 0.1) is 7.14 Å². The van der Waals surface area contributed by atoms with Gasteiger partial charge < -0.3 is 9.47 Å². The third kappa shape index (κ3) is 6.00. The summed E-state index contributed by atoms with van der Waals surface area (Å²) in [6, 6.07) is 20.9. The predicted molar refractivity (Wildman–Crippen MR) is 177 cm³/mol. The summed E-state index contributed by atoms with van der Waals surface area (Å²) in [7, 11) is 1.35. The number of nitrogens with zero attached hydrogens (tertiary/aromatic N) is 2. The van der Waals surface area contributed by atoms with Gasteiger partial charge in [0.05, 0.1) is 32.5 Å². The van der Waals surface area contributed by atoms with E-state index in [1.54, 1.807) is 4.57 Å². The summed E-state index contributed by atoms with van der Waals surface area (Å²) in [6.07, 6.45) is 2.39. The molecule has 2 heterocycles. The van der Waals surface area contributed by atoms with Gasteiger partial charge in [-0.25, -0.2) is 9.79 Å². The maximum Gasteiger partial charge on any atom is 0.338 e. The Morgan fingerprint density at radius 3 is 2.52 bits per heavy atom. The Bertz CT molecular complexity index is 1800. The van der Waals surface area contributed by atoms with Crippen LogP contribution < -0.4 is 19.6 Å². The quantitative estimate of drug-likeness (QED) is 0.161. The van der Waals surface area contributed by atoms with Crippen LogP contribution in [0.4, 0.5) is 0 Å². The summed E-state index contributed by atoms with van der Waals surface area (Å²) in [5.74, 6) is 0.221. The van der Waals surface area contributed by atoms with Crippen molar-refractivity contribution in [3.05, 3.63) is 126 Å². The molecule has 204 valence electrons. The fourth-order valence-electron chi connectivity index (χ4n) is 4.53. The van der Waals surface area contributed by atoms with Crippen LogP contribution in [0.15, 0.2) is 92.3 Å². The van der Waals surface area contributed by atoms with Gasteiger partial charge in [0, 0.05) is 13.6 Å². The van der Waals surface area contributed by atoms with E-state index >= 15 is 0 Å². The summed E-state index contributed by atoms with van der Waals surface area (Å²) in [4.78, 5) is 32.3. The zero-order valence-electron chi connectivity index (χ0n) is 21.5. The standard InChI is InChI=1S/C30H23BrI2N2O4S/c1-3-23-25(29(37)38-2)26(18-7-5-4-6-8-18)35-28(36)24(40-30(35)34-23)14-19-13-21(32)15-22(33)27(19)39-16-17-9-11-20(31)12-10-17/h4-15,26H,3,16H2,1-2H3/b24-14+/t26-/m0/s1. The molecule has 0 spiro atoms. The monoisotopic (exact) mass is 840 g/mol. The van der Waals surface area contributed by atoms with Gasteiger partial charge in [0.15, 0.2) is 4.80 Å². The number of fused-ring (bicyclic) bond motifs is 1. The van der Waals surface area contributed by atoms with Gasteiger partial charge in [-0.1, -0.05) is 76.7 Å². The lowest BCUT2D eigenvalue weighted by Crippen LogP contribution is -2.40. The van der Waals surface area contributed by atoms with Gasteiger partial charge >= 0.3 is 5.97 Å². The first-order valence-corrected chi connectivity index (χ1v) is 16.1. The Morgan fingerprint density at radius 2 is 1.85 bits per heavy atom. The molecule has 0 saturated heterocycles. The number of hydrogen-bond acceptors (Lipinski definition) is 6. The number of halogens is 3. The van der Waals surface area contributed by atoms with Gasteiger partial charge in [-0.15, -0.1) is 0 Å². The van der Waals surface area contributed by atoms with Gasteiger partial charge in [0.1, 0.15) is 12.4 Å². The molecule has 0 N–H and O–H groups in total. The zero-order valence-corrected chi connectivity index (χ0v) is 28.2. The van der Waals surface area contributed by atoms with Crippen LogP contribution in [0.25, 0.3) is 6.08 Å². The smallest absolute Gasteiger partial charge is 0.338 e. The van der Waals surface area contributed by atoms with Gasteiger partial charge in [-0.3, -0.25) is 9.36 Å². The number of ether oxygens (including phenoxy) is 2. The van der Waals surface area contributed by atoms with E-state index in [4.69, 9.17) is 14.5 Å². The average Bonchev–Trinajstić information content (AvgIpc) is 3.26. The van der Waals surface area contributed by atoms with E-state index in [1.165, 1.54) is 18.4 Å². The van der Waals surface area contributed by atoms with E-state index in [1.807, 2.05) is 79.7 Å².